The van der Waals surface area contributed by atoms with E-state index in [0.29, 0.717) is 17.8 Å². The Morgan fingerprint density at radius 2 is 2.10 bits per heavy atom. The number of aromatic nitrogens is 2. The maximum Gasteiger partial charge on any atom is 0.324 e. The second-order valence-electron chi connectivity index (χ2n) is 5.32. The van der Waals surface area contributed by atoms with Gasteiger partial charge < -0.3 is 14.2 Å². The maximum absolute atomic E-state index is 5.40. The molecule has 0 bridgehead atoms. The first-order chi connectivity index (χ1) is 9.76. The molecule has 1 fully saturated rings. The smallest absolute Gasteiger partial charge is 0.324 e. The van der Waals surface area contributed by atoms with E-state index in [0.717, 1.165) is 24.4 Å². The first kappa shape index (κ1) is 13.0. The van der Waals surface area contributed by atoms with Gasteiger partial charge in [0.2, 0.25) is 5.82 Å². The molecule has 0 saturated carbocycles. The second kappa shape index (κ2) is 5.53. The molecule has 0 aliphatic carbocycles. The standard InChI is InChI=1S/C15H19N3O2/c1-11-4-3-9-18(10-11)15-16-14(17-20-15)12-5-7-13(19-2)8-6-12/h5-8,11H,3-4,9-10H2,1-2H3/t11-/m1/s1. The lowest BCUT2D eigenvalue weighted by atomic mass is 10.0. The van der Waals surface area contributed by atoms with E-state index in [1.54, 1.807) is 7.11 Å². The molecule has 1 saturated heterocycles. The minimum absolute atomic E-state index is 0.626. The van der Waals surface area contributed by atoms with Gasteiger partial charge in [-0.25, -0.2) is 0 Å². The van der Waals surface area contributed by atoms with Crippen LogP contribution in [0.5, 0.6) is 5.75 Å². The van der Waals surface area contributed by atoms with Crippen molar-refractivity contribution in [1.29, 1.82) is 0 Å². The fourth-order valence-corrected chi connectivity index (χ4v) is 2.56. The zero-order valence-electron chi connectivity index (χ0n) is 11.9. The number of hydrogen-bond acceptors (Lipinski definition) is 5. The van der Waals surface area contributed by atoms with Crippen molar-refractivity contribution in [2.24, 2.45) is 5.92 Å². The molecule has 5 heteroatoms. The molecule has 0 amide bonds. The predicted molar refractivity (Wildman–Crippen MR) is 76.9 cm³/mol. The van der Waals surface area contributed by atoms with E-state index in [9.17, 15) is 0 Å². The molecule has 1 aromatic heterocycles. The van der Waals surface area contributed by atoms with Crippen LogP contribution in [0.4, 0.5) is 6.01 Å². The van der Waals surface area contributed by atoms with E-state index in [4.69, 9.17) is 9.26 Å². The summed E-state index contributed by atoms with van der Waals surface area (Å²) in [5, 5.41) is 4.07. The van der Waals surface area contributed by atoms with Gasteiger partial charge in [0.1, 0.15) is 5.75 Å². The van der Waals surface area contributed by atoms with Crippen molar-refractivity contribution >= 4 is 6.01 Å². The van der Waals surface area contributed by atoms with Crippen LogP contribution in [0.25, 0.3) is 11.4 Å². The van der Waals surface area contributed by atoms with Gasteiger partial charge in [0, 0.05) is 18.7 Å². The Kier molecular flexibility index (Phi) is 3.58. The van der Waals surface area contributed by atoms with E-state index < -0.39 is 0 Å². The molecule has 0 N–H and O–H groups in total. The van der Waals surface area contributed by atoms with Crippen LogP contribution < -0.4 is 9.64 Å². The van der Waals surface area contributed by atoms with Crippen LogP contribution in [0.3, 0.4) is 0 Å². The Morgan fingerprint density at radius 3 is 2.80 bits per heavy atom. The fourth-order valence-electron chi connectivity index (χ4n) is 2.56. The Balaban J connectivity index is 1.78. The number of methoxy groups -OCH3 is 1. The average Bonchev–Trinajstić information content (AvgIpc) is 2.97. The number of hydrogen-bond donors (Lipinski definition) is 0. The largest absolute Gasteiger partial charge is 0.497 e. The van der Waals surface area contributed by atoms with Crippen LogP contribution in [-0.2, 0) is 0 Å². The molecule has 20 heavy (non-hydrogen) atoms. The Bertz CT molecular complexity index is 565. The number of piperidine rings is 1. The molecule has 1 aliphatic heterocycles. The summed E-state index contributed by atoms with van der Waals surface area (Å²) in [6.07, 6.45) is 2.46. The highest BCUT2D eigenvalue weighted by Gasteiger charge is 2.21. The monoisotopic (exact) mass is 273 g/mol. The molecule has 1 aliphatic rings. The molecule has 0 radical (unpaired) electrons. The SMILES string of the molecule is COc1ccc(-c2noc(N3CCC[C@@H](C)C3)n2)cc1. The third-order valence-corrected chi connectivity index (χ3v) is 3.69. The van der Waals surface area contributed by atoms with Crippen molar-refractivity contribution in [3.05, 3.63) is 24.3 Å². The molecule has 2 heterocycles. The van der Waals surface area contributed by atoms with Crippen LogP contribution in [0.15, 0.2) is 28.8 Å². The van der Waals surface area contributed by atoms with Crippen LogP contribution in [-0.4, -0.2) is 30.3 Å². The summed E-state index contributed by atoms with van der Waals surface area (Å²) < 4.78 is 10.5. The lowest BCUT2D eigenvalue weighted by molar-refractivity contribution is 0.376. The molecule has 106 valence electrons. The summed E-state index contributed by atoms with van der Waals surface area (Å²) >= 11 is 0. The van der Waals surface area contributed by atoms with Crippen molar-refractivity contribution in [3.63, 3.8) is 0 Å². The van der Waals surface area contributed by atoms with Gasteiger partial charge in [0.05, 0.1) is 7.11 Å². The quantitative estimate of drug-likeness (QED) is 0.860. The summed E-state index contributed by atoms with van der Waals surface area (Å²) in [5.41, 5.74) is 0.936. The summed E-state index contributed by atoms with van der Waals surface area (Å²) in [5.74, 6) is 2.13. The van der Waals surface area contributed by atoms with Gasteiger partial charge in [0.15, 0.2) is 0 Å². The van der Waals surface area contributed by atoms with Crippen LogP contribution in [0.1, 0.15) is 19.8 Å². The highest BCUT2D eigenvalue weighted by atomic mass is 16.5. The van der Waals surface area contributed by atoms with Crippen molar-refractivity contribution in [2.75, 3.05) is 25.1 Å². The first-order valence-corrected chi connectivity index (χ1v) is 6.99. The van der Waals surface area contributed by atoms with E-state index >= 15 is 0 Å². The van der Waals surface area contributed by atoms with Crippen molar-refractivity contribution < 1.29 is 9.26 Å². The molecule has 1 aromatic carbocycles. The summed E-state index contributed by atoms with van der Waals surface area (Å²) in [6.45, 7) is 4.24. The molecule has 1 atom stereocenters. The number of benzene rings is 1. The molecule has 3 rings (SSSR count). The van der Waals surface area contributed by atoms with Gasteiger partial charge in [-0.3, -0.25) is 0 Å². The third-order valence-electron chi connectivity index (χ3n) is 3.69. The van der Waals surface area contributed by atoms with E-state index in [1.165, 1.54) is 12.8 Å². The van der Waals surface area contributed by atoms with Crippen LogP contribution in [0, 0.1) is 5.92 Å². The number of anilines is 1. The average molecular weight is 273 g/mol. The number of ether oxygens (including phenoxy) is 1. The molecule has 0 unspecified atom stereocenters. The van der Waals surface area contributed by atoms with Crippen molar-refractivity contribution in [2.45, 2.75) is 19.8 Å². The lowest BCUT2D eigenvalue weighted by Crippen LogP contribution is -2.34. The van der Waals surface area contributed by atoms with Gasteiger partial charge in [-0.2, -0.15) is 4.98 Å². The Morgan fingerprint density at radius 1 is 1.30 bits per heavy atom. The predicted octanol–water partition coefficient (Wildman–Crippen LogP) is 2.98. The van der Waals surface area contributed by atoms with Gasteiger partial charge in [-0.1, -0.05) is 12.1 Å². The van der Waals surface area contributed by atoms with E-state index in [-0.39, 0.29) is 0 Å². The molecular formula is C15H19N3O2. The highest BCUT2D eigenvalue weighted by Crippen LogP contribution is 2.25. The van der Waals surface area contributed by atoms with Crippen molar-refractivity contribution in [3.8, 4) is 17.1 Å². The van der Waals surface area contributed by atoms with E-state index in [2.05, 4.69) is 22.0 Å². The molecular weight excluding hydrogens is 254 g/mol. The van der Waals surface area contributed by atoms with Gasteiger partial charge >= 0.3 is 6.01 Å². The fraction of sp³-hybridized carbons (Fsp3) is 0.467. The Hall–Kier alpha value is -2.04. The minimum atomic E-state index is 0.626. The van der Waals surface area contributed by atoms with Gasteiger partial charge in [-0.15, -0.1) is 0 Å². The van der Waals surface area contributed by atoms with Gasteiger partial charge in [0.25, 0.3) is 0 Å². The van der Waals surface area contributed by atoms with E-state index in [1.807, 2.05) is 24.3 Å². The topological polar surface area (TPSA) is 51.4 Å². The molecule has 5 nitrogen and oxygen atoms in total. The summed E-state index contributed by atoms with van der Waals surface area (Å²) in [7, 11) is 1.65. The molecule has 0 spiro atoms. The van der Waals surface area contributed by atoms with Crippen molar-refractivity contribution in [1.82, 2.24) is 10.1 Å². The molecule has 2 aromatic rings. The summed E-state index contributed by atoms with van der Waals surface area (Å²) in [6, 6.07) is 8.30. The summed E-state index contributed by atoms with van der Waals surface area (Å²) in [4.78, 5) is 6.68. The van der Waals surface area contributed by atoms with Crippen LogP contribution >= 0.6 is 0 Å². The number of rotatable bonds is 3. The first-order valence-electron chi connectivity index (χ1n) is 6.99. The third kappa shape index (κ3) is 2.61. The van der Waals surface area contributed by atoms with Gasteiger partial charge in [-0.05, 0) is 43.0 Å². The van der Waals surface area contributed by atoms with Crippen LogP contribution in [0.2, 0.25) is 0 Å². The second-order valence-corrected chi connectivity index (χ2v) is 5.32. The zero-order valence-corrected chi connectivity index (χ0v) is 11.9. The normalized spacial score (nSPS) is 19.1. The number of nitrogens with zero attached hydrogens (tertiary/aromatic N) is 3. The minimum Gasteiger partial charge on any atom is -0.497 e. The Labute approximate surface area is 118 Å². The lowest BCUT2D eigenvalue weighted by Gasteiger charge is -2.28. The zero-order chi connectivity index (χ0) is 13.9. The highest BCUT2D eigenvalue weighted by molar-refractivity contribution is 5.56. The maximum atomic E-state index is 5.40.